The fraction of sp³-hybridized carbons (Fsp3) is 0.259. The van der Waals surface area contributed by atoms with Crippen LogP contribution >= 0.6 is 23.4 Å². The maximum absolute atomic E-state index is 5.97. The summed E-state index contributed by atoms with van der Waals surface area (Å²) >= 11 is 8.01. The van der Waals surface area contributed by atoms with Crippen LogP contribution in [0, 0.1) is 0 Å². The molecule has 0 bridgehead atoms. The number of thioether (sulfide) groups is 1. The van der Waals surface area contributed by atoms with Gasteiger partial charge in [0.2, 0.25) is 5.90 Å². The van der Waals surface area contributed by atoms with E-state index in [4.69, 9.17) is 16.4 Å². The first kappa shape index (κ1) is 23.6. The van der Waals surface area contributed by atoms with Crippen LogP contribution in [0.2, 0.25) is 5.02 Å². The molecule has 0 aromatic heterocycles. The fourth-order valence-electron chi connectivity index (χ4n) is 3.82. The lowest BCUT2D eigenvalue weighted by Gasteiger charge is -2.26. The SMILES string of the molecule is C=NOC(Cc1ccc(Cl)cc1)=NCc1ccc(-c2cccc(CN3CCSCC3)c2)cc1. The van der Waals surface area contributed by atoms with Crippen LogP contribution < -0.4 is 0 Å². The summed E-state index contributed by atoms with van der Waals surface area (Å²) in [5.41, 5.74) is 6.00. The Hall–Kier alpha value is -2.60. The van der Waals surface area contributed by atoms with Crippen LogP contribution in [0.3, 0.4) is 0 Å². The standard InChI is InChI=1S/C27H28ClN3OS/c1-29-32-27(18-21-7-11-26(28)12-8-21)30-19-22-5-9-24(10-6-22)25-4-2-3-23(17-25)20-31-13-15-33-16-14-31/h2-12,17H,1,13-16,18-20H2. The second-order valence-electron chi connectivity index (χ2n) is 8.02. The zero-order valence-corrected chi connectivity index (χ0v) is 20.2. The maximum Gasteiger partial charge on any atom is 0.224 e. The minimum atomic E-state index is 0.520. The molecule has 1 aliphatic rings. The van der Waals surface area contributed by atoms with E-state index in [1.54, 1.807) is 0 Å². The maximum atomic E-state index is 5.97. The Morgan fingerprint density at radius 1 is 0.909 bits per heavy atom. The van der Waals surface area contributed by atoms with Crippen LogP contribution in [0.1, 0.15) is 16.7 Å². The highest BCUT2D eigenvalue weighted by molar-refractivity contribution is 7.99. The van der Waals surface area contributed by atoms with Gasteiger partial charge in [0.05, 0.1) is 13.0 Å². The fourth-order valence-corrected chi connectivity index (χ4v) is 4.92. The van der Waals surface area contributed by atoms with Gasteiger partial charge in [0.15, 0.2) is 0 Å². The van der Waals surface area contributed by atoms with Gasteiger partial charge in [-0.1, -0.05) is 71.4 Å². The summed E-state index contributed by atoms with van der Waals surface area (Å²) in [6, 6.07) is 25.1. The molecule has 33 heavy (non-hydrogen) atoms. The van der Waals surface area contributed by atoms with E-state index in [0.29, 0.717) is 23.9 Å². The van der Waals surface area contributed by atoms with Crippen LogP contribution in [0.15, 0.2) is 82.9 Å². The highest BCUT2D eigenvalue weighted by Crippen LogP contribution is 2.23. The normalized spacial score (nSPS) is 14.8. The summed E-state index contributed by atoms with van der Waals surface area (Å²) in [7, 11) is 0. The van der Waals surface area contributed by atoms with Gasteiger partial charge in [-0.2, -0.15) is 11.8 Å². The van der Waals surface area contributed by atoms with Gasteiger partial charge in [-0.3, -0.25) is 4.90 Å². The van der Waals surface area contributed by atoms with Crippen molar-refractivity contribution in [2.24, 2.45) is 10.1 Å². The first-order valence-corrected chi connectivity index (χ1v) is 12.6. The molecular formula is C27H28ClN3OS. The van der Waals surface area contributed by atoms with E-state index in [-0.39, 0.29) is 0 Å². The van der Waals surface area contributed by atoms with Crippen molar-refractivity contribution in [3.63, 3.8) is 0 Å². The van der Waals surface area contributed by atoms with Crippen molar-refractivity contribution >= 4 is 36.0 Å². The Labute approximate surface area is 205 Å². The van der Waals surface area contributed by atoms with Gasteiger partial charge in [0.25, 0.3) is 0 Å². The second-order valence-corrected chi connectivity index (χ2v) is 9.68. The largest absolute Gasteiger partial charge is 0.342 e. The summed E-state index contributed by atoms with van der Waals surface area (Å²) in [6.07, 6.45) is 0.538. The third-order valence-electron chi connectivity index (χ3n) is 5.60. The van der Waals surface area contributed by atoms with Gasteiger partial charge in [-0.25, -0.2) is 4.99 Å². The predicted octanol–water partition coefficient (Wildman–Crippen LogP) is 6.33. The number of hydrogen-bond donors (Lipinski definition) is 0. The second kappa shape index (κ2) is 12.0. The lowest BCUT2D eigenvalue weighted by atomic mass is 10.0. The van der Waals surface area contributed by atoms with E-state index in [2.05, 4.69) is 70.3 Å². The summed E-state index contributed by atoms with van der Waals surface area (Å²) < 4.78 is 0. The molecule has 0 atom stereocenters. The smallest absolute Gasteiger partial charge is 0.224 e. The Morgan fingerprint density at radius 3 is 2.36 bits per heavy atom. The van der Waals surface area contributed by atoms with Crippen LogP contribution in [-0.4, -0.2) is 42.1 Å². The molecule has 0 N–H and O–H groups in total. The average molecular weight is 478 g/mol. The molecule has 3 aromatic rings. The number of halogens is 1. The monoisotopic (exact) mass is 477 g/mol. The van der Waals surface area contributed by atoms with Crippen molar-refractivity contribution in [2.45, 2.75) is 19.5 Å². The zero-order valence-electron chi connectivity index (χ0n) is 18.6. The first-order valence-electron chi connectivity index (χ1n) is 11.1. The van der Waals surface area contributed by atoms with Crippen LogP contribution in [0.5, 0.6) is 0 Å². The van der Waals surface area contributed by atoms with Crippen molar-refractivity contribution < 1.29 is 4.84 Å². The summed E-state index contributed by atoms with van der Waals surface area (Å²) in [6.45, 7) is 7.32. The molecule has 0 amide bonds. The lowest BCUT2D eigenvalue weighted by molar-refractivity contribution is 0.294. The molecule has 1 fully saturated rings. The van der Waals surface area contributed by atoms with Crippen LogP contribution in [0.25, 0.3) is 11.1 Å². The van der Waals surface area contributed by atoms with Crippen LogP contribution in [0.4, 0.5) is 0 Å². The molecule has 1 heterocycles. The predicted molar refractivity (Wildman–Crippen MR) is 141 cm³/mol. The molecule has 0 spiro atoms. The molecule has 6 heteroatoms. The number of hydrogen-bond acceptors (Lipinski definition) is 5. The zero-order chi connectivity index (χ0) is 22.9. The van der Waals surface area contributed by atoms with E-state index in [1.807, 2.05) is 36.0 Å². The molecule has 1 aliphatic heterocycles. The number of nitrogens with zero attached hydrogens (tertiary/aromatic N) is 3. The Kier molecular flexibility index (Phi) is 8.59. The minimum absolute atomic E-state index is 0.520. The number of oxime groups is 1. The third kappa shape index (κ3) is 7.19. The van der Waals surface area contributed by atoms with Gasteiger partial charge >= 0.3 is 0 Å². The van der Waals surface area contributed by atoms with Crippen molar-refractivity contribution in [2.75, 3.05) is 24.6 Å². The van der Waals surface area contributed by atoms with Gasteiger partial charge < -0.3 is 4.84 Å². The van der Waals surface area contributed by atoms with E-state index in [0.717, 1.165) is 17.7 Å². The van der Waals surface area contributed by atoms with Gasteiger partial charge in [-0.05, 0) is 46.0 Å². The number of aliphatic imine (C=N–C) groups is 1. The topological polar surface area (TPSA) is 37.2 Å². The Morgan fingerprint density at radius 2 is 1.64 bits per heavy atom. The molecule has 0 saturated carbocycles. The number of rotatable bonds is 8. The minimum Gasteiger partial charge on any atom is -0.342 e. The van der Waals surface area contributed by atoms with E-state index < -0.39 is 0 Å². The van der Waals surface area contributed by atoms with Crippen molar-refractivity contribution in [1.29, 1.82) is 0 Å². The number of benzene rings is 3. The first-order chi connectivity index (χ1) is 16.2. The quantitative estimate of drug-likeness (QED) is 0.216. The van der Waals surface area contributed by atoms with E-state index in [9.17, 15) is 0 Å². The Bertz CT molecular complexity index is 1080. The average Bonchev–Trinajstić information content (AvgIpc) is 2.85. The molecule has 0 radical (unpaired) electrons. The van der Waals surface area contributed by atoms with Gasteiger partial charge in [0.1, 0.15) is 0 Å². The summed E-state index contributed by atoms with van der Waals surface area (Å²) in [5, 5.41) is 4.26. The Balaban J connectivity index is 1.40. The van der Waals surface area contributed by atoms with Crippen molar-refractivity contribution in [1.82, 2.24) is 4.90 Å². The third-order valence-corrected chi connectivity index (χ3v) is 6.80. The van der Waals surface area contributed by atoms with E-state index in [1.165, 1.54) is 41.3 Å². The lowest BCUT2D eigenvalue weighted by Crippen LogP contribution is -2.31. The molecule has 1 saturated heterocycles. The molecule has 4 nitrogen and oxygen atoms in total. The molecule has 170 valence electrons. The molecule has 3 aromatic carbocycles. The molecule has 0 unspecified atom stereocenters. The van der Waals surface area contributed by atoms with Gasteiger partial charge in [0, 0.05) is 42.9 Å². The molecular weight excluding hydrogens is 450 g/mol. The summed E-state index contributed by atoms with van der Waals surface area (Å²) in [5.74, 6) is 3.00. The van der Waals surface area contributed by atoms with Crippen LogP contribution in [-0.2, 0) is 24.3 Å². The van der Waals surface area contributed by atoms with Gasteiger partial charge in [-0.15, -0.1) is 0 Å². The van der Waals surface area contributed by atoms with E-state index >= 15 is 0 Å². The highest BCUT2D eigenvalue weighted by Gasteiger charge is 2.11. The van der Waals surface area contributed by atoms with Crippen molar-refractivity contribution in [3.05, 3.63) is 94.5 Å². The molecule has 4 rings (SSSR count). The van der Waals surface area contributed by atoms with Crippen molar-refractivity contribution in [3.8, 4) is 11.1 Å². The molecule has 0 aliphatic carbocycles. The highest BCUT2D eigenvalue weighted by atomic mass is 35.5. The summed E-state index contributed by atoms with van der Waals surface area (Å²) in [4.78, 5) is 12.4.